The maximum Gasteiger partial charge on any atom is 0.338 e. The van der Waals surface area contributed by atoms with Crippen LogP contribution in [-0.2, 0) is 14.3 Å². The van der Waals surface area contributed by atoms with Gasteiger partial charge < -0.3 is 24.4 Å². The van der Waals surface area contributed by atoms with E-state index in [2.05, 4.69) is 17.9 Å². The Kier molecular flexibility index (Phi) is 11.5. The molecule has 4 aromatic carbocycles. The van der Waals surface area contributed by atoms with Gasteiger partial charge in [0.1, 0.15) is 17.2 Å². The van der Waals surface area contributed by atoms with Crippen LogP contribution in [0, 0.1) is 0 Å². The van der Waals surface area contributed by atoms with Crippen LogP contribution in [0.4, 0.5) is 0 Å². The predicted octanol–water partition coefficient (Wildman–Crippen LogP) is 6.40. The molecule has 4 aromatic rings. The minimum atomic E-state index is -0.917. The summed E-state index contributed by atoms with van der Waals surface area (Å²) in [4.78, 5) is 61.4. The molecule has 0 saturated carbocycles. The van der Waals surface area contributed by atoms with Crippen molar-refractivity contribution >= 4 is 29.3 Å². The molecule has 0 fully saturated rings. The van der Waals surface area contributed by atoms with Crippen molar-refractivity contribution < 1.29 is 48.4 Å². The van der Waals surface area contributed by atoms with Crippen LogP contribution in [0.15, 0.2) is 115 Å². The zero-order chi connectivity index (χ0) is 34.0. The largest absolute Gasteiger partial charge is 0.507 e. The van der Waals surface area contributed by atoms with Crippen molar-refractivity contribution in [1.82, 2.24) is 0 Å². The Morgan fingerprint density at radius 2 is 1.22 bits per heavy atom. The molecule has 0 aliphatic heterocycles. The normalized spacial score (nSPS) is 9.98. The lowest BCUT2D eigenvalue weighted by Crippen LogP contribution is -2.16. The Morgan fingerprint density at radius 3 is 1.78 bits per heavy atom. The van der Waals surface area contributed by atoms with Crippen molar-refractivity contribution in [3.8, 4) is 28.7 Å². The number of phenolic OH excluding ortho intramolecular Hbond substituents is 2. The summed E-state index contributed by atoms with van der Waals surface area (Å²) in [6, 6.07) is 21.7. The van der Waals surface area contributed by atoms with E-state index in [1.54, 1.807) is 37.3 Å². The molecule has 0 aliphatic rings. The van der Waals surface area contributed by atoms with Gasteiger partial charge in [-0.3, -0.25) is 14.4 Å². The Morgan fingerprint density at radius 1 is 0.630 bits per heavy atom. The van der Waals surface area contributed by atoms with Crippen molar-refractivity contribution in [2.45, 2.75) is 13.8 Å². The quantitative estimate of drug-likeness (QED) is 0.0667. The Bertz CT molecular complexity index is 1840. The Labute approximate surface area is 264 Å². The number of hydrogen-bond donors (Lipinski definition) is 2. The SMILES string of the molecule is C=C(C)C(=O)OC.C=C(C)C(=O)Oc1cccc(C(=O)C(=O)c2ccccc2)c1Oc1ccc(C(=O)c2ccccc2O)c(O)c1. The van der Waals surface area contributed by atoms with E-state index in [1.165, 1.54) is 68.6 Å². The monoisotopic (exact) mass is 622 g/mol. The van der Waals surface area contributed by atoms with Gasteiger partial charge in [0.05, 0.1) is 23.8 Å². The van der Waals surface area contributed by atoms with Gasteiger partial charge in [-0.1, -0.05) is 61.7 Å². The van der Waals surface area contributed by atoms with Crippen LogP contribution in [0.25, 0.3) is 0 Å². The van der Waals surface area contributed by atoms with Crippen LogP contribution in [0.5, 0.6) is 28.7 Å². The number of para-hydroxylation sites is 2. The molecule has 0 atom stereocenters. The molecule has 0 saturated heterocycles. The first kappa shape index (κ1) is 34.2. The van der Waals surface area contributed by atoms with Gasteiger partial charge in [-0.25, -0.2) is 9.59 Å². The molecular weight excluding hydrogens is 592 g/mol. The number of methoxy groups -OCH3 is 1. The van der Waals surface area contributed by atoms with Crippen LogP contribution in [0.1, 0.15) is 50.5 Å². The smallest absolute Gasteiger partial charge is 0.338 e. The van der Waals surface area contributed by atoms with Crippen LogP contribution in [-0.4, -0.2) is 46.6 Å². The molecule has 0 unspecified atom stereocenters. The molecule has 0 spiro atoms. The number of hydrogen-bond acceptors (Lipinski definition) is 10. The second-order valence-corrected chi connectivity index (χ2v) is 9.73. The third-order valence-corrected chi connectivity index (χ3v) is 6.13. The lowest BCUT2D eigenvalue weighted by Gasteiger charge is -2.15. The zero-order valence-electron chi connectivity index (χ0n) is 25.2. The number of phenols is 2. The van der Waals surface area contributed by atoms with Gasteiger partial charge in [-0.05, 0) is 50.2 Å². The van der Waals surface area contributed by atoms with E-state index in [0.29, 0.717) is 5.57 Å². The van der Waals surface area contributed by atoms with Crippen molar-refractivity contribution in [2.75, 3.05) is 7.11 Å². The fourth-order valence-electron chi connectivity index (χ4n) is 3.78. The molecule has 0 aromatic heterocycles. The van der Waals surface area contributed by atoms with E-state index in [1.807, 2.05) is 0 Å². The minimum Gasteiger partial charge on any atom is -0.507 e. The highest BCUT2D eigenvalue weighted by atomic mass is 16.6. The predicted molar refractivity (Wildman–Crippen MR) is 169 cm³/mol. The number of rotatable bonds is 10. The van der Waals surface area contributed by atoms with Crippen LogP contribution < -0.4 is 9.47 Å². The van der Waals surface area contributed by atoms with Gasteiger partial charge in [-0.2, -0.15) is 0 Å². The Hall–Kier alpha value is -6.29. The second kappa shape index (κ2) is 15.4. The third-order valence-electron chi connectivity index (χ3n) is 6.13. The summed E-state index contributed by atoms with van der Waals surface area (Å²) in [6.07, 6.45) is 0. The van der Waals surface area contributed by atoms with Crippen molar-refractivity contribution in [2.24, 2.45) is 0 Å². The molecule has 46 heavy (non-hydrogen) atoms. The first-order valence-electron chi connectivity index (χ1n) is 13.6. The number of carbonyl (C=O) groups is 5. The summed E-state index contributed by atoms with van der Waals surface area (Å²) >= 11 is 0. The van der Waals surface area contributed by atoms with E-state index < -0.39 is 29.1 Å². The molecule has 0 aliphatic carbocycles. The summed E-state index contributed by atoms with van der Waals surface area (Å²) < 4.78 is 15.5. The van der Waals surface area contributed by atoms with Gasteiger partial charge in [0.2, 0.25) is 11.6 Å². The average molecular weight is 623 g/mol. The van der Waals surface area contributed by atoms with Crippen molar-refractivity contribution in [3.63, 3.8) is 0 Å². The zero-order valence-corrected chi connectivity index (χ0v) is 25.2. The highest BCUT2D eigenvalue weighted by Gasteiger charge is 2.26. The average Bonchev–Trinajstić information content (AvgIpc) is 3.05. The fourth-order valence-corrected chi connectivity index (χ4v) is 3.78. The van der Waals surface area contributed by atoms with E-state index in [-0.39, 0.29) is 56.8 Å². The lowest BCUT2D eigenvalue weighted by molar-refractivity contribution is -0.136. The molecule has 2 N–H and O–H groups in total. The number of ketones is 3. The molecule has 10 nitrogen and oxygen atoms in total. The van der Waals surface area contributed by atoms with Crippen LogP contribution >= 0.6 is 0 Å². The fraction of sp³-hybridized carbons (Fsp3) is 0.0833. The van der Waals surface area contributed by atoms with Gasteiger partial charge in [0.15, 0.2) is 17.3 Å². The maximum atomic E-state index is 13.2. The standard InChI is InChI=1S/C31H22O8.C5H8O2/c1-18(2)31(37)39-26-14-8-12-23(29(36)27(34)19-9-4-3-5-10-19)30(26)38-20-15-16-22(25(33)17-20)28(35)21-11-6-7-13-24(21)32;1-4(2)5(6)7-3/h3-17,32-33H,1H2,2H3;1H2,2-3H3. The van der Waals surface area contributed by atoms with E-state index in [4.69, 9.17) is 9.47 Å². The van der Waals surface area contributed by atoms with Gasteiger partial charge in [-0.15, -0.1) is 0 Å². The molecule has 4 rings (SSSR count). The summed E-state index contributed by atoms with van der Waals surface area (Å²) in [5, 5.41) is 20.6. The van der Waals surface area contributed by atoms with Crippen LogP contribution in [0.2, 0.25) is 0 Å². The summed E-state index contributed by atoms with van der Waals surface area (Å²) in [5.74, 6) is -4.64. The molecule has 0 bridgehead atoms. The highest BCUT2D eigenvalue weighted by molar-refractivity contribution is 6.49. The van der Waals surface area contributed by atoms with Gasteiger partial charge in [0, 0.05) is 22.8 Å². The molecule has 0 amide bonds. The number of aromatic hydroxyl groups is 2. The van der Waals surface area contributed by atoms with Gasteiger partial charge >= 0.3 is 11.9 Å². The third kappa shape index (κ3) is 8.42. The second-order valence-electron chi connectivity index (χ2n) is 9.73. The van der Waals surface area contributed by atoms with Crippen LogP contribution in [0.3, 0.4) is 0 Å². The maximum absolute atomic E-state index is 13.2. The molecule has 0 radical (unpaired) electrons. The molecule has 0 heterocycles. The number of esters is 2. The van der Waals surface area contributed by atoms with E-state index in [0.717, 1.165) is 6.07 Å². The number of Topliss-reactive ketones (excluding diaryl/α,β-unsaturated/α-hetero) is 2. The first-order valence-corrected chi connectivity index (χ1v) is 13.6. The van der Waals surface area contributed by atoms with E-state index >= 15 is 0 Å². The van der Waals surface area contributed by atoms with E-state index in [9.17, 15) is 34.2 Å². The number of ether oxygens (including phenoxy) is 3. The first-order chi connectivity index (χ1) is 21.8. The summed E-state index contributed by atoms with van der Waals surface area (Å²) in [5.41, 5.74) is 0.365. The summed E-state index contributed by atoms with van der Waals surface area (Å²) in [7, 11) is 1.33. The molecule has 234 valence electrons. The Balaban J connectivity index is 0.000000738. The number of carbonyl (C=O) groups excluding carboxylic acids is 5. The molecule has 10 heteroatoms. The highest BCUT2D eigenvalue weighted by Crippen LogP contribution is 2.38. The summed E-state index contributed by atoms with van der Waals surface area (Å²) in [6.45, 7) is 9.93. The number of benzene rings is 4. The van der Waals surface area contributed by atoms with Crippen molar-refractivity contribution in [3.05, 3.63) is 138 Å². The van der Waals surface area contributed by atoms with Gasteiger partial charge in [0.25, 0.3) is 0 Å². The van der Waals surface area contributed by atoms with Crippen molar-refractivity contribution in [1.29, 1.82) is 0 Å². The lowest BCUT2D eigenvalue weighted by atomic mass is 10.00. The molecular formula is C36H30O10. The topological polar surface area (TPSA) is 154 Å². The minimum absolute atomic E-state index is 0.00849.